The number of rotatable bonds is 10. The van der Waals surface area contributed by atoms with Gasteiger partial charge in [-0.15, -0.1) is 0 Å². The zero-order valence-electron chi connectivity index (χ0n) is 48.1. The lowest BCUT2D eigenvalue weighted by Gasteiger charge is -2.30. The van der Waals surface area contributed by atoms with Crippen LogP contribution in [0.5, 0.6) is 0 Å². The van der Waals surface area contributed by atoms with Gasteiger partial charge < -0.3 is 9.80 Å². The van der Waals surface area contributed by atoms with E-state index in [2.05, 4.69) is 283 Å². The zero-order valence-corrected chi connectivity index (χ0v) is 48.1. The minimum absolute atomic E-state index is 0.0512. The van der Waals surface area contributed by atoms with E-state index < -0.39 is 0 Å². The van der Waals surface area contributed by atoms with Crippen LogP contribution in [-0.2, 0) is 5.41 Å². The molecule has 0 radical (unpaired) electrons. The molecule has 0 unspecified atom stereocenters. The molecule has 86 heavy (non-hydrogen) atoms. The predicted octanol–water partition coefficient (Wildman–Crippen LogP) is 23.9. The lowest BCUT2D eigenvalue weighted by Crippen LogP contribution is -2.21. The molecule has 1 spiro atoms. The van der Waals surface area contributed by atoms with E-state index in [1.807, 2.05) is 0 Å². The van der Waals surface area contributed by atoms with Crippen molar-refractivity contribution in [2.45, 2.75) is 62.7 Å². The van der Waals surface area contributed by atoms with Gasteiger partial charge in [0.1, 0.15) is 0 Å². The van der Waals surface area contributed by atoms with Gasteiger partial charge in [-0.25, -0.2) is 0 Å². The van der Waals surface area contributed by atoms with Crippen LogP contribution in [0, 0.1) is 0 Å². The Bertz CT molecular complexity index is 5000. The summed E-state index contributed by atoms with van der Waals surface area (Å²) in [6, 6.07) is 104. The second-order valence-corrected chi connectivity index (χ2v) is 24.7. The monoisotopic (exact) mass is 1100 g/mol. The summed E-state index contributed by atoms with van der Waals surface area (Å²) in [5.74, 6) is 0.526. The lowest BCUT2D eigenvalue weighted by molar-refractivity contribution is 0.550. The molecule has 408 valence electrons. The average molecular weight is 1100 g/mol. The molecule has 0 heterocycles. The summed E-state index contributed by atoms with van der Waals surface area (Å²) in [7, 11) is 0. The van der Waals surface area contributed by atoms with Crippen LogP contribution >= 0.6 is 0 Å². The van der Waals surface area contributed by atoms with Crippen LogP contribution in [0.3, 0.4) is 0 Å². The molecule has 0 aromatic heterocycles. The van der Waals surface area contributed by atoms with E-state index >= 15 is 0 Å². The first-order valence-electron chi connectivity index (χ1n) is 31.3. The normalized spacial score (nSPS) is 14.7. The van der Waals surface area contributed by atoms with Gasteiger partial charge in [0.15, 0.2) is 0 Å². The van der Waals surface area contributed by atoms with Crippen LogP contribution < -0.4 is 9.80 Å². The number of nitrogens with zero attached hydrogens (tertiary/aromatic N) is 2. The Hall–Kier alpha value is -10.0. The molecular formula is C84H62N2. The Morgan fingerprint density at radius 1 is 0.279 bits per heavy atom. The highest BCUT2D eigenvalue weighted by Gasteiger charge is 2.45. The van der Waals surface area contributed by atoms with Gasteiger partial charge in [-0.1, -0.05) is 238 Å². The maximum absolute atomic E-state index is 2.56. The van der Waals surface area contributed by atoms with Crippen LogP contribution in [0.15, 0.2) is 273 Å². The van der Waals surface area contributed by atoms with Crippen LogP contribution in [0.1, 0.15) is 74.0 Å². The summed E-state index contributed by atoms with van der Waals surface area (Å²) in [6.45, 7) is 0. The molecule has 0 aliphatic heterocycles. The van der Waals surface area contributed by atoms with Crippen molar-refractivity contribution in [1.82, 2.24) is 0 Å². The predicted molar refractivity (Wildman–Crippen MR) is 365 cm³/mol. The third-order valence-corrected chi connectivity index (χ3v) is 20.4. The standard InChI is InChI=1S/C84H62N2/c1-6-24-54(25-7-1)62-44-42-60(52-71(62)55-26-16-17-27-55)85(58-32-12-4-13-33-58)74-48-46-69-78-65(74)37-22-39-67(78)80-76(56-28-8-2-9-29-56)81-68-40-23-38-66-75(49-47-70(79(66)68)83(81)77(82(69)80)57-30-10-3-11-31-57)86(59-34-14-5-15-35-59)61-43-45-64-63-36-18-19-41-72(63)84(73(64)53-61)50-20-21-51-84/h1-15,18-19,22-25,28-49,52-53,55H,16-17,20-21,26-27,50-51H2. The number of hydrogen-bond acceptors (Lipinski definition) is 2. The van der Waals surface area contributed by atoms with Crippen LogP contribution in [0.2, 0.25) is 0 Å². The minimum atomic E-state index is 0.0512. The summed E-state index contributed by atoms with van der Waals surface area (Å²) in [6.07, 6.45) is 9.92. The molecule has 18 rings (SSSR count). The highest BCUT2D eigenvalue weighted by atomic mass is 15.1. The number of anilines is 6. The molecule has 0 N–H and O–H groups in total. The first-order valence-corrected chi connectivity index (χ1v) is 31.3. The number of hydrogen-bond donors (Lipinski definition) is 0. The molecule has 3 aliphatic carbocycles. The molecule has 2 nitrogen and oxygen atoms in total. The maximum Gasteiger partial charge on any atom is 0.0540 e. The summed E-state index contributed by atoms with van der Waals surface area (Å²) in [5, 5.41) is 15.5. The minimum Gasteiger partial charge on any atom is -0.310 e. The Balaban J connectivity index is 0.911. The second kappa shape index (κ2) is 19.5. The van der Waals surface area contributed by atoms with Crippen molar-refractivity contribution in [2.24, 2.45) is 0 Å². The van der Waals surface area contributed by atoms with Gasteiger partial charge in [0.2, 0.25) is 0 Å². The molecule has 2 heteroatoms. The second-order valence-electron chi connectivity index (χ2n) is 24.7. The molecule has 2 fully saturated rings. The average Bonchev–Trinajstić information content (AvgIpc) is 1.60. The van der Waals surface area contributed by atoms with Crippen molar-refractivity contribution in [3.8, 4) is 44.5 Å². The van der Waals surface area contributed by atoms with E-state index in [-0.39, 0.29) is 5.41 Å². The number of benzene rings is 13. The van der Waals surface area contributed by atoms with Gasteiger partial charge >= 0.3 is 0 Å². The van der Waals surface area contributed by atoms with Gasteiger partial charge in [-0.3, -0.25) is 0 Å². The molecule has 3 aliphatic rings. The topological polar surface area (TPSA) is 6.48 Å². The molecule has 15 aromatic rings. The van der Waals surface area contributed by atoms with Gasteiger partial charge in [-0.05, 0) is 207 Å². The third-order valence-electron chi connectivity index (χ3n) is 20.4. The SMILES string of the molecule is c1ccc(-c2ccc(N(c3ccccc3)c3ccc4c5c(-c6ccccc6)c6c7ccc(N(c8ccccc8)c8ccc9c(c8)C8(CCCC8)c8ccccc8-9)c8cccc(c6c(-c6ccccc6)c5c5cccc3c54)c87)cc2C2CCCC2)cc1. The smallest absolute Gasteiger partial charge is 0.0540 e. The molecule has 0 bridgehead atoms. The van der Waals surface area contributed by atoms with Crippen molar-refractivity contribution < 1.29 is 0 Å². The molecule has 0 amide bonds. The highest BCUT2D eigenvalue weighted by molar-refractivity contribution is 6.47. The maximum atomic E-state index is 2.56. The summed E-state index contributed by atoms with van der Waals surface area (Å²) >= 11 is 0. The van der Waals surface area contributed by atoms with Crippen molar-refractivity contribution in [3.63, 3.8) is 0 Å². The van der Waals surface area contributed by atoms with E-state index in [0.717, 1.165) is 11.4 Å². The van der Waals surface area contributed by atoms with E-state index in [1.54, 1.807) is 0 Å². The summed E-state index contributed by atoms with van der Waals surface area (Å²) in [4.78, 5) is 5.09. The molecule has 0 atom stereocenters. The van der Waals surface area contributed by atoms with E-state index in [4.69, 9.17) is 0 Å². The highest BCUT2D eigenvalue weighted by Crippen LogP contribution is 2.60. The van der Waals surface area contributed by atoms with Crippen LogP contribution in [0.4, 0.5) is 34.1 Å². The quantitative estimate of drug-likeness (QED) is 0.135. The van der Waals surface area contributed by atoms with Gasteiger partial charge in [0.05, 0.1) is 11.4 Å². The fraction of sp³-hybridized carbons (Fsp3) is 0.119. The fourth-order valence-corrected chi connectivity index (χ4v) is 16.9. The third kappa shape index (κ3) is 7.26. The number of fused-ring (bicyclic) bond motifs is 11. The number of para-hydroxylation sites is 2. The molecule has 0 saturated heterocycles. The Morgan fingerprint density at radius 2 is 0.698 bits per heavy atom. The first kappa shape index (κ1) is 49.4. The Labute approximate surface area is 502 Å². The molecular weight excluding hydrogens is 1040 g/mol. The lowest BCUT2D eigenvalue weighted by atomic mass is 9.76. The van der Waals surface area contributed by atoms with Gasteiger partial charge in [0.25, 0.3) is 0 Å². The zero-order chi connectivity index (χ0) is 56.5. The van der Waals surface area contributed by atoms with Crippen LogP contribution in [-0.4, -0.2) is 0 Å². The first-order chi connectivity index (χ1) is 42.7. The Kier molecular flexibility index (Phi) is 11.2. The van der Waals surface area contributed by atoms with Gasteiger partial charge in [-0.2, -0.15) is 0 Å². The van der Waals surface area contributed by atoms with Gasteiger partial charge in [0, 0.05) is 38.9 Å². The Morgan fingerprint density at radius 3 is 1.22 bits per heavy atom. The molecule has 2 saturated carbocycles. The van der Waals surface area contributed by atoms with E-state index in [9.17, 15) is 0 Å². The molecule has 15 aromatic carbocycles. The van der Waals surface area contributed by atoms with Crippen molar-refractivity contribution in [3.05, 3.63) is 290 Å². The van der Waals surface area contributed by atoms with Crippen molar-refractivity contribution in [2.75, 3.05) is 9.80 Å². The van der Waals surface area contributed by atoms with E-state index in [1.165, 1.54) is 200 Å². The largest absolute Gasteiger partial charge is 0.310 e. The van der Waals surface area contributed by atoms with Crippen LogP contribution in [0.25, 0.3) is 109 Å². The van der Waals surface area contributed by atoms with Crippen molar-refractivity contribution >= 4 is 98.8 Å². The summed E-state index contributed by atoms with van der Waals surface area (Å²) in [5.41, 5.74) is 22.1. The van der Waals surface area contributed by atoms with Crippen molar-refractivity contribution in [1.29, 1.82) is 0 Å². The van der Waals surface area contributed by atoms with E-state index in [0.29, 0.717) is 5.92 Å². The summed E-state index contributed by atoms with van der Waals surface area (Å²) < 4.78 is 0. The fourth-order valence-electron chi connectivity index (χ4n) is 16.9.